The standard InChI is InChI=1S/C20H16F5N5O/c1-18(10-31-19(2,17(26)30-18)20(23,24)25)12-6-11(4-5-13(12)21)7-14(22)15-8-29-16(27-3)9-28-15/h4-9H,10H2,1-2H3,(H2,26,30)/b14-7-/t18-,19+/m0/s1. The number of ether oxygens (including phenoxy) is 1. The van der Waals surface area contributed by atoms with E-state index in [-0.39, 0.29) is 22.6 Å². The van der Waals surface area contributed by atoms with Crippen LogP contribution in [0.15, 0.2) is 35.6 Å². The Kier molecular flexibility index (Phi) is 5.54. The van der Waals surface area contributed by atoms with E-state index in [1.807, 2.05) is 0 Å². The average Bonchev–Trinajstić information content (AvgIpc) is 2.71. The summed E-state index contributed by atoms with van der Waals surface area (Å²) in [6.45, 7) is 8.34. The van der Waals surface area contributed by atoms with E-state index in [1.165, 1.54) is 19.1 Å². The molecule has 31 heavy (non-hydrogen) atoms. The molecule has 0 saturated carbocycles. The number of hydrogen-bond donors (Lipinski definition) is 1. The molecule has 6 nitrogen and oxygen atoms in total. The average molecular weight is 437 g/mol. The molecular weight excluding hydrogens is 421 g/mol. The number of hydrogen-bond acceptors (Lipinski definition) is 5. The Hall–Kier alpha value is -3.39. The molecule has 0 amide bonds. The van der Waals surface area contributed by atoms with Gasteiger partial charge in [-0.15, -0.1) is 4.98 Å². The van der Waals surface area contributed by atoms with Gasteiger partial charge >= 0.3 is 6.18 Å². The molecule has 0 radical (unpaired) electrons. The van der Waals surface area contributed by atoms with E-state index < -0.39 is 41.4 Å². The Morgan fingerprint density at radius 2 is 1.97 bits per heavy atom. The Morgan fingerprint density at radius 3 is 2.52 bits per heavy atom. The van der Waals surface area contributed by atoms with Crippen LogP contribution in [0.2, 0.25) is 0 Å². The van der Waals surface area contributed by atoms with Crippen LogP contribution in [0.5, 0.6) is 0 Å². The van der Waals surface area contributed by atoms with Crippen molar-refractivity contribution >= 4 is 23.6 Å². The molecule has 3 rings (SSSR count). The Bertz CT molecular complexity index is 1110. The molecule has 0 bridgehead atoms. The second kappa shape index (κ2) is 7.70. The van der Waals surface area contributed by atoms with Crippen molar-refractivity contribution in [2.24, 2.45) is 10.7 Å². The summed E-state index contributed by atoms with van der Waals surface area (Å²) in [5.74, 6) is -2.42. The van der Waals surface area contributed by atoms with E-state index in [0.717, 1.165) is 31.5 Å². The maximum atomic E-state index is 14.5. The first-order valence-corrected chi connectivity index (χ1v) is 8.83. The molecule has 2 N–H and O–H groups in total. The lowest BCUT2D eigenvalue weighted by Crippen LogP contribution is -2.60. The molecular formula is C20H16F5N5O. The van der Waals surface area contributed by atoms with E-state index in [9.17, 15) is 22.0 Å². The first-order chi connectivity index (χ1) is 14.4. The van der Waals surface area contributed by atoms with Crippen LogP contribution in [-0.2, 0) is 10.3 Å². The summed E-state index contributed by atoms with van der Waals surface area (Å²) in [6, 6.07) is 3.56. The molecule has 0 saturated heterocycles. The molecule has 2 aromatic rings. The summed E-state index contributed by atoms with van der Waals surface area (Å²) in [6.07, 6.45) is -1.59. The van der Waals surface area contributed by atoms with Gasteiger partial charge in [-0.3, -0.25) is 9.98 Å². The predicted molar refractivity (Wildman–Crippen MR) is 103 cm³/mol. The van der Waals surface area contributed by atoms with Gasteiger partial charge in [0.2, 0.25) is 5.60 Å². The van der Waals surface area contributed by atoms with Crippen LogP contribution in [0.4, 0.5) is 27.8 Å². The van der Waals surface area contributed by atoms with Crippen molar-refractivity contribution in [1.29, 1.82) is 0 Å². The fraction of sp³-hybridized carbons (Fsp3) is 0.300. The second-order valence-corrected chi connectivity index (χ2v) is 7.19. The summed E-state index contributed by atoms with van der Waals surface area (Å²) < 4.78 is 73.9. The highest BCUT2D eigenvalue weighted by molar-refractivity contribution is 5.90. The first kappa shape index (κ1) is 22.3. The van der Waals surface area contributed by atoms with E-state index in [0.29, 0.717) is 0 Å². The third-order valence-corrected chi connectivity index (χ3v) is 4.90. The minimum absolute atomic E-state index is 0.00727. The molecule has 2 atom stereocenters. The lowest BCUT2D eigenvalue weighted by atomic mass is 9.88. The van der Waals surface area contributed by atoms with E-state index >= 15 is 0 Å². The molecule has 1 aromatic heterocycles. The highest BCUT2D eigenvalue weighted by atomic mass is 19.4. The molecule has 0 unspecified atom stereocenters. The summed E-state index contributed by atoms with van der Waals surface area (Å²) in [5, 5.41) is 0. The zero-order valence-electron chi connectivity index (χ0n) is 16.3. The van der Waals surface area contributed by atoms with Crippen molar-refractivity contribution in [2.45, 2.75) is 31.2 Å². The smallest absolute Gasteiger partial charge is 0.385 e. The SMILES string of the molecule is [C-]#[N+]c1cnc(/C(F)=C/c2ccc(F)c([C@]3(C)CO[C@@](C)(C(F)(F)F)C(N)=N3)c2)cn1. The molecule has 1 aromatic carbocycles. The summed E-state index contributed by atoms with van der Waals surface area (Å²) in [4.78, 5) is 14.5. The van der Waals surface area contributed by atoms with Crippen LogP contribution in [0.3, 0.4) is 0 Å². The zero-order chi connectivity index (χ0) is 23.0. The van der Waals surface area contributed by atoms with Gasteiger partial charge in [0.15, 0.2) is 5.83 Å². The molecule has 0 spiro atoms. The van der Waals surface area contributed by atoms with Gasteiger partial charge in [0.25, 0.3) is 5.82 Å². The molecule has 0 aliphatic carbocycles. The zero-order valence-corrected chi connectivity index (χ0v) is 16.3. The molecule has 1 aliphatic rings. The first-order valence-electron chi connectivity index (χ1n) is 8.83. The minimum atomic E-state index is -4.81. The van der Waals surface area contributed by atoms with Crippen molar-refractivity contribution in [3.63, 3.8) is 0 Å². The lowest BCUT2D eigenvalue weighted by Gasteiger charge is -2.41. The van der Waals surface area contributed by atoms with Crippen molar-refractivity contribution in [1.82, 2.24) is 9.97 Å². The quantitative estimate of drug-likeness (QED) is 0.564. The highest BCUT2D eigenvalue weighted by Gasteiger charge is 2.59. The van der Waals surface area contributed by atoms with E-state index in [1.54, 1.807) is 0 Å². The van der Waals surface area contributed by atoms with Gasteiger partial charge in [0.1, 0.15) is 29.1 Å². The van der Waals surface area contributed by atoms with Crippen LogP contribution in [0, 0.1) is 12.4 Å². The summed E-state index contributed by atoms with van der Waals surface area (Å²) in [5.41, 5.74) is 1.15. The van der Waals surface area contributed by atoms with Crippen molar-refractivity contribution < 1.29 is 26.7 Å². The predicted octanol–water partition coefficient (Wildman–Crippen LogP) is 4.56. The number of rotatable bonds is 3. The van der Waals surface area contributed by atoms with Crippen molar-refractivity contribution in [3.05, 3.63) is 64.6 Å². The van der Waals surface area contributed by atoms with Crippen LogP contribution in [-0.4, -0.2) is 34.2 Å². The van der Waals surface area contributed by atoms with Gasteiger partial charge in [-0.1, -0.05) is 12.6 Å². The monoisotopic (exact) mass is 437 g/mol. The number of amidine groups is 1. The van der Waals surface area contributed by atoms with Crippen LogP contribution >= 0.6 is 0 Å². The number of halogens is 5. The van der Waals surface area contributed by atoms with Gasteiger partial charge in [0, 0.05) is 5.56 Å². The van der Waals surface area contributed by atoms with Gasteiger partial charge in [-0.2, -0.15) is 13.2 Å². The van der Waals surface area contributed by atoms with E-state index in [2.05, 4.69) is 19.8 Å². The van der Waals surface area contributed by atoms with Crippen LogP contribution in [0.25, 0.3) is 16.7 Å². The Labute approximate surface area is 174 Å². The van der Waals surface area contributed by atoms with Gasteiger partial charge in [-0.05, 0) is 37.6 Å². The molecule has 11 heteroatoms. The third-order valence-electron chi connectivity index (χ3n) is 4.90. The topological polar surface area (TPSA) is 77.8 Å². The molecule has 2 heterocycles. The fourth-order valence-corrected chi connectivity index (χ4v) is 2.90. The number of aliphatic imine (C=N–C) groups is 1. The molecule has 0 fully saturated rings. The third kappa shape index (κ3) is 4.11. The van der Waals surface area contributed by atoms with Gasteiger partial charge in [0.05, 0.1) is 12.8 Å². The number of alkyl halides is 3. The fourth-order valence-electron chi connectivity index (χ4n) is 2.90. The second-order valence-electron chi connectivity index (χ2n) is 7.19. The number of nitrogens with zero attached hydrogens (tertiary/aromatic N) is 4. The molecule has 162 valence electrons. The number of nitrogens with two attached hydrogens (primary N) is 1. The number of aromatic nitrogens is 2. The normalized spacial score (nSPS) is 24.5. The Balaban J connectivity index is 1.99. The van der Waals surface area contributed by atoms with Crippen LogP contribution in [0.1, 0.15) is 30.7 Å². The van der Waals surface area contributed by atoms with Crippen molar-refractivity contribution in [3.8, 4) is 0 Å². The molecule has 1 aliphatic heterocycles. The van der Waals surface area contributed by atoms with Crippen molar-refractivity contribution in [2.75, 3.05) is 6.61 Å². The summed E-state index contributed by atoms with van der Waals surface area (Å²) in [7, 11) is 0. The highest BCUT2D eigenvalue weighted by Crippen LogP contribution is 2.41. The summed E-state index contributed by atoms with van der Waals surface area (Å²) >= 11 is 0. The van der Waals surface area contributed by atoms with Gasteiger partial charge in [-0.25, -0.2) is 8.78 Å². The van der Waals surface area contributed by atoms with E-state index in [4.69, 9.17) is 17.0 Å². The maximum absolute atomic E-state index is 14.5. The number of benzene rings is 1. The van der Waals surface area contributed by atoms with Crippen LogP contribution < -0.4 is 5.73 Å². The minimum Gasteiger partial charge on any atom is -0.385 e. The maximum Gasteiger partial charge on any atom is 0.424 e. The largest absolute Gasteiger partial charge is 0.424 e. The van der Waals surface area contributed by atoms with Gasteiger partial charge < -0.3 is 15.3 Å². The lowest BCUT2D eigenvalue weighted by molar-refractivity contribution is -0.249. The Morgan fingerprint density at radius 1 is 1.26 bits per heavy atom.